The highest BCUT2D eigenvalue weighted by Gasteiger charge is 2.16. The summed E-state index contributed by atoms with van der Waals surface area (Å²) < 4.78 is 10.4. The van der Waals surface area contributed by atoms with E-state index in [0.717, 1.165) is 84.3 Å². The van der Waals surface area contributed by atoms with Crippen LogP contribution in [-0.4, -0.2) is 95.0 Å². The van der Waals surface area contributed by atoms with Crippen molar-refractivity contribution in [3.05, 3.63) is 35.9 Å². The number of aliphatic imine (C=N–C) groups is 1. The Morgan fingerprint density at radius 3 is 2.42 bits per heavy atom. The topological polar surface area (TPSA) is 61.4 Å². The molecule has 0 aliphatic carbocycles. The van der Waals surface area contributed by atoms with Gasteiger partial charge in [-0.2, -0.15) is 0 Å². The van der Waals surface area contributed by atoms with Crippen LogP contribution in [0.1, 0.15) is 25.3 Å². The molecular formula is C23H42IN5O2. The highest BCUT2D eigenvalue weighted by molar-refractivity contribution is 14.0. The van der Waals surface area contributed by atoms with Crippen molar-refractivity contribution in [2.24, 2.45) is 4.99 Å². The number of nitrogens with one attached hydrogen (secondary N) is 2. The van der Waals surface area contributed by atoms with E-state index in [1.807, 2.05) is 0 Å². The standard InChI is InChI=1S/C23H41N5O2.HI/c1-3-24-23(26-12-8-18-30-20-19-29-2)25-11-7-13-27-14-16-28(17-15-27)21-22-9-5-4-6-10-22;/h4-6,9-10H,3,7-8,11-21H2,1-2H3,(H2,24,25,26);1H. The Morgan fingerprint density at radius 1 is 0.968 bits per heavy atom. The average Bonchev–Trinajstić information content (AvgIpc) is 2.78. The molecule has 1 saturated heterocycles. The number of hydrogen-bond acceptors (Lipinski definition) is 5. The summed E-state index contributed by atoms with van der Waals surface area (Å²) >= 11 is 0. The largest absolute Gasteiger partial charge is 0.382 e. The van der Waals surface area contributed by atoms with Gasteiger partial charge in [-0.05, 0) is 31.9 Å². The molecule has 31 heavy (non-hydrogen) atoms. The van der Waals surface area contributed by atoms with Gasteiger partial charge in [-0.15, -0.1) is 24.0 Å². The quantitative estimate of drug-likeness (QED) is 0.162. The van der Waals surface area contributed by atoms with Crippen LogP contribution in [0.3, 0.4) is 0 Å². The fourth-order valence-electron chi connectivity index (χ4n) is 3.47. The second kappa shape index (κ2) is 18.6. The Morgan fingerprint density at radius 2 is 1.71 bits per heavy atom. The van der Waals surface area contributed by atoms with E-state index in [9.17, 15) is 0 Å². The molecule has 0 radical (unpaired) electrons. The zero-order valence-electron chi connectivity index (χ0n) is 19.4. The van der Waals surface area contributed by atoms with Crippen LogP contribution >= 0.6 is 24.0 Å². The maximum Gasteiger partial charge on any atom is 0.191 e. The maximum absolute atomic E-state index is 5.48. The number of nitrogens with zero attached hydrogens (tertiary/aromatic N) is 3. The number of methoxy groups -OCH3 is 1. The number of benzene rings is 1. The van der Waals surface area contributed by atoms with Crippen molar-refractivity contribution in [2.75, 3.05) is 79.3 Å². The Balaban J connectivity index is 0.00000480. The minimum atomic E-state index is 0. The first-order valence-electron chi connectivity index (χ1n) is 11.4. The molecule has 0 amide bonds. The van der Waals surface area contributed by atoms with Gasteiger partial charge >= 0.3 is 0 Å². The average molecular weight is 548 g/mol. The summed E-state index contributed by atoms with van der Waals surface area (Å²) in [6.07, 6.45) is 2.05. The van der Waals surface area contributed by atoms with E-state index in [1.54, 1.807) is 7.11 Å². The Hall–Kier alpha value is -0.940. The van der Waals surface area contributed by atoms with Crippen LogP contribution in [0.4, 0.5) is 0 Å². The number of halogens is 1. The van der Waals surface area contributed by atoms with Crippen LogP contribution in [-0.2, 0) is 16.0 Å². The van der Waals surface area contributed by atoms with E-state index in [2.05, 4.69) is 62.7 Å². The molecule has 0 atom stereocenters. The van der Waals surface area contributed by atoms with Gasteiger partial charge in [-0.1, -0.05) is 30.3 Å². The summed E-state index contributed by atoms with van der Waals surface area (Å²) in [6, 6.07) is 10.8. The zero-order valence-corrected chi connectivity index (χ0v) is 21.7. The number of hydrogen-bond donors (Lipinski definition) is 2. The fraction of sp³-hybridized carbons (Fsp3) is 0.696. The summed E-state index contributed by atoms with van der Waals surface area (Å²) in [6.45, 7) is 13.5. The Bertz CT molecular complexity index is 568. The lowest BCUT2D eigenvalue weighted by Crippen LogP contribution is -2.46. The molecule has 1 aromatic carbocycles. The van der Waals surface area contributed by atoms with Crippen LogP contribution in [0.5, 0.6) is 0 Å². The molecule has 1 aliphatic heterocycles. The fourth-order valence-corrected chi connectivity index (χ4v) is 3.47. The van der Waals surface area contributed by atoms with Gasteiger partial charge in [-0.3, -0.25) is 9.89 Å². The molecule has 7 nitrogen and oxygen atoms in total. The van der Waals surface area contributed by atoms with Crippen molar-refractivity contribution < 1.29 is 9.47 Å². The third-order valence-corrected chi connectivity index (χ3v) is 5.15. The van der Waals surface area contributed by atoms with Gasteiger partial charge in [0.25, 0.3) is 0 Å². The molecule has 1 fully saturated rings. The SMILES string of the molecule is CCNC(=NCCCOCCOC)NCCCN1CCN(Cc2ccccc2)CC1.I. The lowest BCUT2D eigenvalue weighted by molar-refractivity contribution is 0.0702. The summed E-state index contributed by atoms with van der Waals surface area (Å²) in [7, 11) is 1.69. The molecule has 0 aromatic heterocycles. The molecule has 0 spiro atoms. The van der Waals surface area contributed by atoms with E-state index in [1.165, 1.54) is 5.56 Å². The summed E-state index contributed by atoms with van der Waals surface area (Å²) in [4.78, 5) is 9.76. The first-order chi connectivity index (χ1) is 14.8. The molecular weight excluding hydrogens is 505 g/mol. The maximum atomic E-state index is 5.48. The van der Waals surface area contributed by atoms with E-state index < -0.39 is 0 Å². The highest BCUT2D eigenvalue weighted by atomic mass is 127. The molecule has 0 unspecified atom stereocenters. The second-order valence-corrected chi connectivity index (χ2v) is 7.60. The molecule has 1 heterocycles. The molecule has 8 heteroatoms. The van der Waals surface area contributed by atoms with Gasteiger partial charge in [0.15, 0.2) is 5.96 Å². The molecule has 0 saturated carbocycles. The third kappa shape index (κ3) is 13.3. The molecule has 1 aliphatic rings. The van der Waals surface area contributed by atoms with Gasteiger partial charge in [0.2, 0.25) is 0 Å². The van der Waals surface area contributed by atoms with Crippen LogP contribution < -0.4 is 10.6 Å². The third-order valence-electron chi connectivity index (χ3n) is 5.15. The molecule has 1 aromatic rings. The normalized spacial score (nSPS) is 15.5. The van der Waals surface area contributed by atoms with Gasteiger partial charge in [0, 0.05) is 66.1 Å². The Kier molecular flexibility index (Phi) is 16.9. The second-order valence-electron chi connectivity index (χ2n) is 7.60. The highest BCUT2D eigenvalue weighted by Crippen LogP contribution is 2.08. The van der Waals surface area contributed by atoms with Crippen molar-refractivity contribution in [1.82, 2.24) is 20.4 Å². The van der Waals surface area contributed by atoms with Crippen molar-refractivity contribution in [1.29, 1.82) is 0 Å². The van der Waals surface area contributed by atoms with Gasteiger partial charge in [0.05, 0.1) is 13.2 Å². The number of rotatable bonds is 14. The first-order valence-corrected chi connectivity index (χ1v) is 11.4. The monoisotopic (exact) mass is 547 g/mol. The van der Waals surface area contributed by atoms with Crippen molar-refractivity contribution in [3.8, 4) is 0 Å². The Labute approximate surface area is 206 Å². The van der Waals surface area contributed by atoms with Crippen molar-refractivity contribution in [3.63, 3.8) is 0 Å². The van der Waals surface area contributed by atoms with Crippen LogP contribution in [0.15, 0.2) is 35.3 Å². The molecule has 178 valence electrons. The van der Waals surface area contributed by atoms with E-state index in [4.69, 9.17) is 9.47 Å². The van der Waals surface area contributed by atoms with Crippen LogP contribution in [0.25, 0.3) is 0 Å². The minimum Gasteiger partial charge on any atom is -0.382 e. The van der Waals surface area contributed by atoms with Crippen LogP contribution in [0, 0.1) is 0 Å². The van der Waals surface area contributed by atoms with E-state index in [0.29, 0.717) is 13.2 Å². The summed E-state index contributed by atoms with van der Waals surface area (Å²) in [5.74, 6) is 0.905. The molecule has 2 N–H and O–H groups in total. The lowest BCUT2D eigenvalue weighted by atomic mass is 10.2. The summed E-state index contributed by atoms with van der Waals surface area (Å²) in [5.41, 5.74) is 1.41. The van der Waals surface area contributed by atoms with Gasteiger partial charge in [-0.25, -0.2) is 0 Å². The van der Waals surface area contributed by atoms with E-state index >= 15 is 0 Å². The number of guanidine groups is 1. The predicted octanol–water partition coefficient (Wildman–Crippen LogP) is 2.42. The van der Waals surface area contributed by atoms with E-state index in [-0.39, 0.29) is 24.0 Å². The van der Waals surface area contributed by atoms with Crippen molar-refractivity contribution >= 4 is 29.9 Å². The van der Waals surface area contributed by atoms with Gasteiger partial charge < -0.3 is 25.0 Å². The van der Waals surface area contributed by atoms with Crippen LogP contribution in [0.2, 0.25) is 0 Å². The summed E-state index contributed by atoms with van der Waals surface area (Å²) in [5, 5.41) is 6.77. The predicted molar refractivity (Wildman–Crippen MR) is 139 cm³/mol. The van der Waals surface area contributed by atoms with Gasteiger partial charge in [0.1, 0.15) is 0 Å². The zero-order chi connectivity index (χ0) is 21.3. The van der Waals surface area contributed by atoms with Crippen molar-refractivity contribution in [2.45, 2.75) is 26.3 Å². The first kappa shape index (κ1) is 28.1. The lowest BCUT2D eigenvalue weighted by Gasteiger charge is -2.34. The minimum absolute atomic E-state index is 0. The number of ether oxygens (including phenoxy) is 2. The molecule has 2 rings (SSSR count). The number of piperazine rings is 1. The smallest absolute Gasteiger partial charge is 0.191 e. The molecule has 0 bridgehead atoms.